The minimum atomic E-state index is 0.0216. The molecule has 5 heteroatoms. The number of pyridine rings is 1. The van der Waals surface area contributed by atoms with Gasteiger partial charge in [0.2, 0.25) is 0 Å². The van der Waals surface area contributed by atoms with Crippen LogP contribution in [0.1, 0.15) is 27.5 Å². The fourth-order valence-corrected chi connectivity index (χ4v) is 3.18. The van der Waals surface area contributed by atoms with Crippen LogP contribution in [0.2, 0.25) is 0 Å². The van der Waals surface area contributed by atoms with Gasteiger partial charge in [-0.15, -0.1) is 0 Å². The molecule has 0 bridgehead atoms. The number of piperazine rings is 1. The predicted octanol–water partition coefficient (Wildman–Crippen LogP) is 2.94. The summed E-state index contributed by atoms with van der Waals surface area (Å²) in [6.07, 6.45) is 3.59. The number of benzene rings is 1. The Bertz CT molecular complexity index is 675. The summed E-state index contributed by atoms with van der Waals surface area (Å²) in [6, 6.07) is 9.72. The molecule has 2 aromatic rings. The van der Waals surface area contributed by atoms with E-state index in [-0.39, 0.29) is 11.9 Å². The van der Waals surface area contributed by atoms with Crippen molar-refractivity contribution < 1.29 is 4.79 Å². The molecule has 22 heavy (non-hydrogen) atoms. The molecular weight excluding hydrogens is 342 g/mol. The molecule has 114 valence electrons. The van der Waals surface area contributed by atoms with Gasteiger partial charge >= 0.3 is 0 Å². The van der Waals surface area contributed by atoms with Crippen LogP contribution in [0.3, 0.4) is 0 Å². The monoisotopic (exact) mass is 359 g/mol. The maximum absolute atomic E-state index is 13.0. The third kappa shape index (κ3) is 2.91. The highest BCUT2D eigenvalue weighted by molar-refractivity contribution is 9.10. The number of nitrogens with one attached hydrogen (secondary N) is 1. The van der Waals surface area contributed by atoms with Gasteiger partial charge in [-0.2, -0.15) is 0 Å². The van der Waals surface area contributed by atoms with Crippen LogP contribution in [-0.4, -0.2) is 35.4 Å². The van der Waals surface area contributed by atoms with Crippen molar-refractivity contribution in [2.75, 3.05) is 19.6 Å². The van der Waals surface area contributed by atoms with Gasteiger partial charge in [0.15, 0.2) is 0 Å². The lowest BCUT2D eigenvalue weighted by molar-refractivity contribution is 0.0633. The van der Waals surface area contributed by atoms with Gasteiger partial charge in [-0.25, -0.2) is 0 Å². The maximum atomic E-state index is 13.0. The van der Waals surface area contributed by atoms with E-state index in [1.54, 1.807) is 6.20 Å². The van der Waals surface area contributed by atoms with Crippen molar-refractivity contribution in [2.45, 2.75) is 13.0 Å². The van der Waals surface area contributed by atoms with E-state index in [1.807, 2.05) is 48.4 Å². The van der Waals surface area contributed by atoms with Crippen LogP contribution in [0, 0.1) is 6.92 Å². The molecular formula is C17H18BrN3O. The Morgan fingerprint density at radius 3 is 3.00 bits per heavy atom. The number of hydrogen-bond acceptors (Lipinski definition) is 3. The van der Waals surface area contributed by atoms with Crippen LogP contribution < -0.4 is 5.32 Å². The van der Waals surface area contributed by atoms with E-state index in [2.05, 4.69) is 26.2 Å². The summed E-state index contributed by atoms with van der Waals surface area (Å²) in [6.45, 7) is 4.24. The molecule has 1 aromatic heterocycles. The molecule has 3 rings (SSSR count). The van der Waals surface area contributed by atoms with Gasteiger partial charge in [-0.1, -0.05) is 28.1 Å². The van der Waals surface area contributed by atoms with Crippen molar-refractivity contribution >= 4 is 21.8 Å². The number of hydrogen-bond donors (Lipinski definition) is 1. The molecule has 1 saturated heterocycles. The van der Waals surface area contributed by atoms with E-state index in [0.29, 0.717) is 6.54 Å². The fraction of sp³-hybridized carbons (Fsp3) is 0.294. The van der Waals surface area contributed by atoms with E-state index in [9.17, 15) is 4.79 Å². The summed E-state index contributed by atoms with van der Waals surface area (Å²) in [5.41, 5.74) is 2.80. The molecule has 1 aromatic carbocycles. The first-order valence-corrected chi connectivity index (χ1v) is 8.14. The van der Waals surface area contributed by atoms with Gasteiger partial charge in [0.25, 0.3) is 5.91 Å². The minimum Gasteiger partial charge on any atom is -0.329 e. The lowest BCUT2D eigenvalue weighted by Crippen LogP contribution is -2.48. The van der Waals surface area contributed by atoms with Gasteiger partial charge in [0, 0.05) is 42.1 Å². The minimum absolute atomic E-state index is 0.0216. The Morgan fingerprint density at radius 1 is 1.36 bits per heavy atom. The number of nitrogens with zero attached hydrogens (tertiary/aromatic N) is 2. The molecule has 1 fully saturated rings. The number of carbonyl (C=O) groups is 1. The summed E-state index contributed by atoms with van der Waals surface area (Å²) < 4.78 is 0.964. The number of amides is 1. The molecule has 0 saturated carbocycles. The van der Waals surface area contributed by atoms with Crippen molar-refractivity contribution in [2.24, 2.45) is 0 Å². The zero-order chi connectivity index (χ0) is 15.5. The van der Waals surface area contributed by atoms with E-state index in [0.717, 1.165) is 34.3 Å². The third-order valence-corrected chi connectivity index (χ3v) is 4.93. The second kappa shape index (κ2) is 6.58. The highest BCUT2D eigenvalue weighted by atomic mass is 79.9. The van der Waals surface area contributed by atoms with Crippen LogP contribution in [0.15, 0.2) is 47.2 Å². The molecule has 1 aliphatic rings. The first-order valence-electron chi connectivity index (χ1n) is 7.35. The number of rotatable bonds is 2. The molecule has 1 aliphatic heterocycles. The lowest BCUT2D eigenvalue weighted by Gasteiger charge is -2.36. The average molecular weight is 360 g/mol. The van der Waals surface area contributed by atoms with E-state index in [4.69, 9.17) is 0 Å². The summed E-state index contributed by atoms with van der Waals surface area (Å²) in [5, 5.41) is 3.36. The second-order valence-corrected chi connectivity index (χ2v) is 6.27. The van der Waals surface area contributed by atoms with Crippen LogP contribution >= 0.6 is 15.9 Å². The van der Waals surface area contributed by atoms with E-state index in [1.165, 1.54) is 0 Å². The number of carbonyl (C=O) groups excluding carboxylic acids is 1. The van der Waals surface area contributed by atoms with Crippen molar-refractivity contribution in [3.63, 3.8) is 0 Å². The molecule has 1 amide bonds. The van der Waals surface area contributed by atoms with Crippen molar-refractivity contribution in [3.05, 3.63) is 63.9 Å². The van der Waals surface area contributed by atoms with Gasteiger partial charge in [-0.05, 0) is 36.2 Å². The Hall–Kier alpha value is -1.72. The first-order chi connectivity index (χ1) is 10.7. The Balaban J connectivity index is 1.94. The summed E-state index contributed by atoms with van der Waals surface area (Å²) in [7, 11) is 0. The van der Waals surface area contributed by atoms with E-state index >= 15 is 0 Å². The van der Waals surface area contributed by atoms with E-state index < -0.39 is 0 Å². The number of halogens is 1. The van der Waals surface area contributed by atoms with Crippen LogP contribution in [0.4, 0.5) is 0 Å². The highest BCUT2D eigenvalue weighted by Gasteiger charge is 2.29. The smallest absolute Gasteiger partial charge is 0.254 e. The largest absolute Gasteiger partial charge is 0.329 e. The van der Waals surface area contributed by atoms with Crippen molar-refractivity contribution in [1.82, 2.24) is 15.2 Å². The van der Waals surface area contributed by atoms with Crippen LogP contribution in [-0.2, 0) is 0 Å². The molecule has 1 N–H and O–H groups in total. The van der Waals surface area contributed by atoms with Gasteiger partial charge < -0.3 is 10.2 Å². The number of aromatic nitrogens is 1. The van der Waals surface area contributed by atoms with Gasteiger partial charge in [0.05, 0.1) is 6.04 Å². The molecule has 2 heterocycles. The molecule has 1 unspecified atom stereocenters. The maximum Gasteiger partial charge on any atom is 0.254 e. The quantitative estimate of drug-likeness (QED) is 0.896. The lowest BCUT2D eigenvalue weighted by atomic mass is 10.0. The Morgan fingerprint density at radius 2 is 2.23 bits per heavy atom. The Kier molecular flexibility index (Phi) is 4.55. The molecule has 0 aliphatic carbocycles. The Labute approximate surface area is 138 Å². The average Bonchev–Trinajstić information content (AvgIpc) is 2.57. The molecule has 0 spiro atoms. The molecule has 1 atom stereocenters. The van der Waals surface area contributed by atoms with Crippen molar-refractivity contribution in [1.29, 1.82) is 0 Å². The fourth-order valence-electron chi connectivity index (χ4n) is 2.81. The summed E-state index contributed by atoms with van der Waals surface area (Å²) in [5.74, 6) is 0.0779. The zero-order valence-electron chi connectivity index (χ0n) is 12.4. The highest BCUT2D eigenvalue weighted by Crippen LogP contribution is 2.26. The van der Waals surface area contributed by atoms with Crippen molar-refractivity contribution in [3.8, 4) is 0 Å². The summed E-state index contributed by atoms with van der Waals surface area (Å²) >= 11 is 3.51. The van der Waals surface area contributed by atoms with Crippen LogP contribution in [0.5, 0.6) is 0 Å². The van der Waals surface area contributed by atoms with Gasteiger partial charge in [-0.3, -0.25) is 9.78 Å². The standard InChI is InChI=1S/C17H18BrN3O/c1-12-14(5-2-6-15(12)18)17(22)21-9-8-20-11-16(21)13-4-3-7-19-10-13/h2-7,10,16,20H,8-9,11H2,1H3. The third-order valence-electron chi connectivity index (χ3n) is 4.07. The normalized spacial score (nSPS) is 18.3. The topological polar surface area (TPSA) is 45.2 Å². The zero-order valence-corrected chi connectivity index (χ0v) is 14.0. The van der Waals surface area contributed by atoms with Crippen LogP contribution in [0.25, 0.3) is 0 Å². The SMILES string of the molecule is Cc1c(Br)cccc1C(=O)N1CCNCC1c1cccnc1. The molecule has 0 radical (unpaired) electrons. The summed E-state index contributed by atoms with van der Waals surface area (Å²) in [4.78, 5) is 19.1. The predicted molar refractivity (Wildman–Crippen MR) is 89.8 cm³/mol. The first kappa shape index (κ1) is 15.2. The second-order valence-electron chi connectivity index (χ2n) is 5.42. The molecule has 4 nitrogen and oxygen atoms in total. The van der Waals surface area contributed by atoms with Gasteiger partial charge in [0.1, 0.15) is 0 Å².